The summed E-state index contributed by atoms with van der Waals surface area (Å²) < 4.78 is 33.5. The van der Waals surface area contributed by atoms with Gasteiger partial charge in [-0.1, -0.05) is 6.92 Å². The fraction of sp³-hybridized carbons (Fsp3) is 0.636. The molecule has 3 aromatic heterocycles. The van der Waals surface area contributed by atoms with Crippen LogP contribution in [0.3, 0.4) is 0 Å². The second-order valence-electron chi connectivity index (χ2n) is 10.5. The molecule has 2 fully saturated rings. The van der Waals surface area contributed by atoms with Crippen LogP contribution in [0.5, 0.6) is 0 Å². The summed E-state index contributed by atoms with van der Waals surface area (Å²) in [5, 5.41) is 8.24. The minimum atomic E-state index is -3.31. The molecule has 1 saturated carbocycles. The van der Waals surface area contributed by atoms with E-state index < -0.39 is 26.8 Å². The van der Waals surface area contributed by atoms with Crippen LogP contribution in [0.15, 0.2) is 18.5 Å². The largest absolute Gasteiger partial charge is 0.444 e. The van der Waals surface area contributed by atoms with Gasteiger partial charge in [-0.3, -0.25) is 4.40 Å². The average Bonchev–Trinajstić information content (AvgIpc) is 3.35. The van der Waals surface area contributed by atoms with Gasteiger partial charge in [-0.2, -0.15) is 0 Å². The second kappa shape index (κ2) is 7.68. The smallest absolute Gasteiger partial charge is 0.410 e. The van der Waals surface area contributed by atoms with Gasteiger partial charge in [0, 0.05) is 25.2 Å². The van der Waals surface area contributed by atoms with Crippen molar-refractivity contribution in [3.8, 4) is 0 Å². The zero-order valence-electron chi connectivity index (χ0n) is 19.4. The molecule has 5 rings (SSSR count). The molecule has 0 bridgehead atoms. The topological polar surface area (TPSA) is 123 Å². The van der Waals surface area contributed by atoms with Gasteiger partial charge in [0.1, 0.15) is 11.4 Å². The number of sulfone groups is 1. The lowest BCUT2D eigenvalue weighted by Crippen LogP contribution is -2.58. The summed E-state index contributed by atoms with van der Waals surface area (Å²) in [5.41, 5.74) is 1.79. The summed E-state index contributed by atoms with van der Waals surface area (Å²) in [5.74, 6) is 1.48. The van der Waals surface area contributed by atoms with E-state index in [1.165, 1.54) is 4.90 Å². The zero-order valence-corrected chi connectivity index (χ0v) is 20.2. The van der Waals surface area contributed by atoms with Gasteiger partial charge in [-0.25, -0.2) is 18.2 Å². The molecule has 3 atom stereocenters. The van der Waals surface area contributed by atoms with Crippen LogP contribution in [0.4, 0.5) is 4.79 Å². The molecule has 1 aliphatic carbocycles. The molecule has 0 spiro atoms. The van der Waals surface area contributed by atoms with E-state index in [0.29, 0.717) is 11.6 Å². The van der Waals surface area contributed by atoms with Gasteiger partial charge >= 0.3 is 6.09 Å². The van der Waals surface area contributed by atoms with Crippen LogP contribution < -0.4 is 0 Å². The molecule has 178 valence electrons. The van der Waals surface area contributed by atoms with E-state index in [-0.39, 0.29) is 30.7 Å². The zero-order chi connectivity index (χ0) is 23.5. The van der Waals surface area contributed by atoms with Gasteiger partial charge in [0.25, 0.3) is 0 Å². The van der Waals surface area contributed by atoms with Crippen LogP contribution in [0, 0.1) is 11.8 Å². The number of carbonyl (C=O) groups is 1. The number of fused-ring (bicyclic) bond motifs is 3. The van der Waals surface area contributed by atoms with Gasteiger partial charge in [0.15, 0.2) is 21.1 Å². The molecule has 33 heavy (non-hydrogen) atoms. The monoisotopic (exact) mass is 474 g/mol. The maximum atomic E-state index is 13.1. The maximum Gasteiger partial charge on any atom is 0.410 e. The van der Waals surface area contributed by atoms with Crippen molar-refractivity contribution in [2.45, 2.75) is 57.3 Å². The molecule has 1 aliphatic heterocycles. The Labute approximate surface area is 192 Å². The van der Waals surface area contributed by atoms with Crippen LogP contribution in [0.2, 0.25) is 0 Å². The second-order valence-corrected chi connectivity index (χ2v) is 12.8. The van der Waals surface area contributed by atoms with E-state index >= 15 is 0 Å². The lowest BCUT2D eigenvalue weighted by Gasteiger charge is -2.39. The van der Waals surface area contributed by atoms with Gasteiger partial charge in [-0.15, -0.1) is 10.2 Å². The minimum absolute atomic E-state index is 0.0569. The SMILES string of the molecule is C[C@@H]1C[C@H](CS(=O)(=O)C2CN(C(=O)OC(C)(C)C)C2)C[C@@H]1c1nnc2cnc3[nH]ccc3n12. The van der Waals surface area contributed by atoms with Crippen molar-refractivity contribution in [2.75, 3.05) is 18.8 Å². The van der Waals surface area contributed by atoms with Crippen molar-refractivity contribution >= 4 is 32.7 Å². The number of H-pyrrole nitrogens is 1. The standard InChI is InChI=1S/C22H30N6O4S/c1-13-7-14(12-33(30,31)15-10-27(11-15)21(29)32-22(2,3)4)8-16(13)20-26-25-18-9-24-19-17(28(18)20)5-6-23-19/h5-6,9,13-16,23H,7-8,10-12H2,1-4H3/t13-,14+,16+/m1/s1. The number of ether oxygens (including phenoxy) is 1. The first-order valence-electron chi connectivity index (χ1n) is 11.4. The molecule has 3 aromatic rings. The third-order valence-corrected chi connectivity index (χ3v) is 9.00. The highest BCUT2D eigenvalue weighted by Gasteiger charge is 2.44. The average molecular weight is 475 g/mol. The number of carbonyl (C=O) groups excluding carboxylic acids is 1. The van der Waals surface area contributed by atoms with E-state index in [0.717, 1.165) is 29.8 Å². The number of nitrogens with zero attached hydrogens (tertiary/aromatic N) is 5. The van der Waals surface area contributed by atoms with Gasteiger partial charge in [0.2, 0.25) is 0 Å². The van der Waals surface area contributed by atoms with Crippen LogP contribution in [0.25, 0.3) is 16.8 Å². The van der Waals surface area contributed by atoms with E-state index in [4.69, 9.17) is 4.74 Å². The molecule has 10 nitrogen and oxygen atoms in total. The Morgan fingerprint density at radius 2 is 2.00 bits per heavy atom. The van der Waals surface area contributed by atoms with Crippen molar-refractivity contribution in [2.24, 2.45) is 11.8 Å². The summed E-state index contributed by atoms with van der Waals surface area (Å²) >= 11 is 0. The Hall–Kier alpha value is -2.69. The predicted molar refractivity (Wildman–Crippen MR) is 123 cm³/mol. The number of hydrogen-bond donors (Lipinski definition) is 1. The number of aromatic nitrogens is 5. The lowest BCUT2D eigenvalue weighted by molar-refractivity contribution is 0.0139. The Bertz CT molecular complexity index is 1300. The van der Waals surface area contributed by atoms with Crippen LogP contribution >= 0.6 is 0 Å². The quantitative estimate of drug-likeness (QED) is 0.617. The molecular weight excluding hydrogens is 444 g/mol. The Morgan fingerprint density at radius 3 is 2.73 bits per heavy atom. The molecule has 0 radical (unpaired) electrons. The predicted octanol–water partition coefficient (Wildman–Crippen LogP) is 2.77. The fourth-order valence-corrected chi connectivity index (χ4v) is 7.13. The highest BCUT2D eigenvalue weighted by Crippen LogP contribution is 2.43. The first-order valence-corrected chi connectivity index (χ1v) is 13.1. The summed E-state index contributed by atoms with van der Waals surface area (Å²) in [6.45, 7) is 7.96. The molecule has 2 aliphatic rings. The van der Waals surface area contributed by atoms with Crippen LogP contribution in [-0.4, -0.2) is 73.7 Å². The number of rotatable bonds is 4. The number of amides is 1. The van der Waals surface area contributed by atoms with Crippen molar-refractivity contribution in [3.63, 3.8) is 0 Å². The maximum absolute atomic E-state index is 13.1. The molecule has 0 unspecified atom stereocenters. The van der Waals surface area contributed by atoms with Crippen LogP contribution in [-0.2, 0) is 14.6 Å². The Balaban J connectivity index is 1.26. The normalized spacial score (nSPS) is 24.5. The number of hydrogen-bond acceptors (Lipinski definition) is 7. The summed E-state index contributed by atoms with van der Waals surface area (Å²) in [6, 6.07) is 1.96. The third-order valence-electron chi connectivity index (χ3n) is 6.75. The van der Waals surface area contributed by atoms with E-state index in [1.807, 2.05) is 16.7 Å². The Kier molecular flexibility index (Phi) is 5.15. The molecule has 4 heterocycles. The molecule has 1 N–H and O–H groups in total. The van der Waals surface area contributed by atoms with Crippen molar-refractivity contribution in [1.29, 1.82) is 0 Å². The lowest BCUT2D eigenvalue weighted by atomic mass is 9.97. The number of nitrogens with one attached hydrogen (secondary N) is 1. The number of aromatic amines is 1. The highest BCUT2D eigenvalue weighted by molar-refractivity contribution is 7.92. The minimum Gasteiger partial charge on any atom is -0.444 e. The first kappa shape index (κ1) is 22.1. The van der Waals surface area contributed by atoms with E-state index in [9.17, 15) is 13.2 Å². The van der Waals surface area contributed by atoms with Gasteiger partial charge in [-0.05, 0) is 51.5 Å². The van der Waals surface area contributed by atoms with E-state index in [1.54, 1.807) is 27.0 Å². The van der Waals surface area contributed by atoms with Gasteiger partial charge < -0.3 is 14.6 Å². The third kappa shape index (κ3) is 4.07. The van der Waals surface area contributed by atoms with Crippen LogP contribution in [0.1, 0.15) is 52.3 Å². The molecule has 1 saturated heterocycles. The molecule has 11 heteroatoms. The summed E-state index contributed by atoms with van der Waals surface area (Å²) in [6.07, 6.45) is 4.66. The highest BCUT2D eigenvalue weighted by atomic mass is 32.2. The Morgan fingerprint density at radius 1 is 1.24 bits per heavy atom. The number of likely N-dealkylation sites (tertiary alicyclic amines) is 1. The van der Waals surface area contributed by atoms with E-state index in [2.05, 4.69) is 27.1 Å². The molecular formula is C22H30N6O4S. The molecule has 1 amide bonds. The fourth-order valence-electron chi connectivity index (χ4n) is 5.12. The van der Waals surface area contributed by atoms with Crippen molar-refractivity contribution in [3.05, 3.63) is 24.3 Å². The van der Waals surface area contributed by atoms with Crippen molar-refractivity contribution < 1.29 is 17.9 Å². The van der Waals surface area contributed by atoms with Crippen molar-refractivity contribution in [1.82, 2.24) is 29.5 Å². The first-order chi connectivity index (χ1) is 15.5. The summed E-state index contributed by atoms with van der Waals surface area (Å²) in [4.78, 5) is 21.1. The molecule has 0 aromatic carbocycles. The summed E-state index contributed by atoms with van der Waals surface area (Å²) in [7, 11) is -3.31. The van der Waals surface area contributed by atoms with Gasteiger partial charge in [0.05, 0.1) is 22.7 Å².